The van der Waals surface area contributed by atoms with Crippen molar-refractivity contribution in [2.45, 2.75) is 6.04 Å². The molecule has 1 N–H and O–H groups in total. The average Bonchev–Trinajstić information content (AvgIpc) is 3.27. The number of para-hydroxylation sites is 2. The number of benzene rings is 3. The van der Waals surface area contributed by atoms with Gasteiger partial charge in [-0.1, -0.05) is 24.3 Å². The minimum atomic E-state index is -0.437. The summed E-state index contributed by atoms with van der Waals surface area (Å²) in [6.07, 6.45) is 0. The van der Waals surface area contributed by atoms with Crippen LogP contribution in [0.4, 0.5) is 10.1 Å². The maximum absolute atomic E-state index is 13.8. The predicted octanol–water partition coefficient (Wildman–Crippen LogP) is 4.36. The molecule has 7 nitrogen and oxygen atoms in total. The SMILES string of the molecule is COc1ccc(-c2c3c(=O)n(C)c(=O)n(C)c3c3n2-c2ccccc2NC3c2ccc(F)cc2)cc1. The normalized spacial score (nSPS) is 14.3. The van der Waals surface area contributed by atoms with Crippen molar-refractivity contribution in [2.24, 2.45) is 14.1 Å². The van der Waals surface area contributed by atoms with Crippen LogP contribution in [0.3, 0.4) is 0 Å². The van der Waals surface area contributed by atoms with Crippen LogP contribution in [0.2, 0.25) is 0 Å². The number of hydrogen-bond donors (Lipinski definition) is 1. The Bertz CT molecular complexity index is 1760. The summed E-state index contributed by atoms with van der Waals surface area (Å²) in [5.74, 6) is 0.357. The molecule has 0 spiro atoms. The number of halogens is 1. The Kier molecular flexibility index (Phi) is 4.86. The van der Waals surface area contributed by atoms with Crippen molar-refractivity contribution in [2.75, 3.05) is 12.4 Å². The first-order chi connectivity index (χ1) is 17.4. The summed E-state index contributed by atoms with van der Waals surface area (Å²) in [5, 5.41) is 3.99. The van der Waals surface area contributed by atoms with Gasteiger partial charge in [0.05, 0.1) is 46.8 Å². The second kappa shape index (κ2) is 7.98. The largest absolute Gasteiger partial charge is 0.497 e. The van der Waals surface area contributed by atoms with Gasteiger partial charge in [-0.15, -0.1) is 0 Å². The van der Waals surface area contributed by atoms with Gasteiger partial charge in [0, 0.05) is 14.1 Å². The summed E-state index contributed by atoms with van der Waals surface area (Å²) in [7, 11) is 4.76. The van der Waals surface area contributed by atoms with E-state index in [1.807, 2.05) is 53.1 Å². The average molecular weight is 483 g/mol. The zero-order chi connectivity index (χ0) is 25.1. The molecular formula is C28H23FN4O3. The fourth-order valence-electron chi connectivity index (χ4n) is 5.15. The zero-order valence-corrected chi connectivity index (χ0v) is 19.9. The number of methoxy groups -OCH3 is 1. The molecule has 8 heteroatoms. The Morgan fingerprint density at radius 3 is 2.28 bits per heavy atom. The van der Waals surface area contributed by atoms with Gasteiger partial charge in [-0.25, -0.2) is 9.18 Å². The van der Waals surface area contributed by atoms with E-state index in [0.717, 1.165) is 32.8 Å². The molecule has 0 saturated heterocycles. The topological polar surface area (TPSA) is 70.2 Å². The van der Waals surface area contributed by atoms with Gasteiger partial charge >= 0.3 is 5.69 Å². The van der Waals surface area contributed by atoms with E-state index in [1.165, 1.54) is 23.7 Å². The summed E-state index contributed by atoms with van der Waals surface area (Å²) < 4.78 is 23.9. The molecule has 1 atom stereocenters. The number of rotatable bonds is 3. The van der Waals surface area contributed by atoms with Gasteiger partial charge in [0.2, 0.25) is 0 Å². The fraction of sp³-hybridized carbons (Fsp3) is 0.143. The summed E-state index contributed by atoms with van der Waals surface area (Å²) >= 11 is 0. The van der Waals surface area contributed by atoms with E-state index in [2.05, 4.69) is 5.32 Å². The maximum Gasteiger partial charge on any atom is 0.331 e. The van der Waals surface area contributed by atoms with Crippen molar-refractivity contribution in [3.63, 3.8) is 0 Å². The molecule has 0 saturated carbocycles. The Morgan fingerprint density at radius 1 is 0.889 bits per heavy atom. The minimum Gasteiger partial charge on any atom is -0.497 e. The van der Waals surface area contributed by atoms with Crippen molar-refractivity contribution in [3.05, 3.63) is 111 Å². The van der Waals surface area contributed by atoms with Crippen molar-refractivity contribution >= 4 is 16.6 Å². The summed E-state index contributed by atoms with van der Waals surface area (Å²) in [6, 6.07) is 21.1. The molecule has 3 aromatic carbocycles. The molecule has 1 unspecified atom stereocenters. The quantitative estimate of drug-likeness (QED) is 0.415. The third-order valence-corrected chi connectivity index (χ3v) is 6.89. The van der Waals surface area contributed by atoms with E-state index < -0.39 is 11.7 Å². The lowest BCUT2D eigenvalue weighted by Gasteiger charge is -2.31. The summed E-state index contributed by atoms with van der Waals surface area (Å²) in [6.45, 7) is 0. The highest BCUT2D eigenvalue weighted by molar-refractivity contribution is 5.99. The first-order valence-electron chi connectivity index (χ1n) is 11.5. The molecule has 0 fully saturated rings. The number of fused-ring (bicyclic) bond motifs is 5. The fourth-order valence-corrected chi connectivity index (χ4v) is 5.15. The van der Waals surface area contributed by atoms with Crippen LogP contribution < -0.4 is 21.3 Å². The lowest BCUT2D eigenvalue weighted by Crippen LogP contribution is -2.37. The molecule has 5 aromatic rings. The van der Waals surface area contributed by atoms with Crippen LogP contribution in [-0.2, 0) is 14.1 Å². The maximum atomic E-state index is 13.8. The van der Waals surface area contributed by atoms with Gasteiger partial charge in [0.1, 0.15) is 11.6 Å². The zero-order valence-electron chi connectivity index (χ0n) is 19.9. The van der Waals surface area contributed by atoms with Crippen LogP contribution in [0, 0.1) is 5.82 Å². The third kappa shape index (κ3) is 3.04. The van der Waals surface area contributed by atoms with Crippen molar-refractivity contribution < 1.29 is 9.13 Å². The number of aromatic nitrogens is 3. The summed E-state index contributed by atoms with van der Waals surface area (Å²) in [5.41, 5.74) is 4.47. The first-order valence-corrected chi connectivity index (χ1v) is 11.5. The molecule has 36 heavy (non-hydrogen) atoms. The number of nitrogens with zero attached hydrogens (tertiary/aromatic N) is 3. The molecule has 1 aliphatic rings. The van der Waals surface area contributed by atoms with Crippen molar-refractivity contribution in [3.8, 4) is 22.7 Å². The number of ether oxygens (including phenoxy) is 1. The minimum absolute atomic E-state index is 0.338. The van der Waals surface area contributed by atoms with Crippen LogP contribution in [0.15, 0.2) is 82.4 Å². The highest BCUT2D eigenvalue weighted by Crippen LogP contribution is 2.45. The van der Waals surface area contributed by atoms with E-state index in [-0.39, 0.29) is 11.4 Å². The van der Waals surface area contributed by atoms with E-state index in [1.54, 1.807) is 26.3 Å². The smallest absolute Gasteiger partial charge is 0.331 e. The molecule has 2 aromatic heterocycles. The van der Waals surface area contributed by atoms with Gasteiger partial charge in [0.25, 0.3) is 5.56 Å². The first kappa shape index (κ1) is 21.9. The van der Waals surface area contributed by atoms with Crippen LogP contribution in [-0.4, -0.2) is 20.8 Å². The molecular weight excluding hydrogens is 459 g/mol. The molecule has 0 radical (unpaired) electrons. The lowest BCUT2D eigenvalue weighted by molar-refractivity contribution is 0.415. The van der Waals surface area contributed by atoms with Crippen molar-refractivity contribution in [1.29, 1.82) is 0 Å². The molecule has 6 rings (SSSR count). The van der Waals surface area contributed by atoms with Gasteiger partial charge in [0.15, 0.2) is 0 Å². The van der Waals surface area contributed by atoms with Crippen molar-refractivity contribution in [1.82, 2.24) is 13.7 Å². The monoisotopic (exact) mass is 482 g/mol. The molecule has 0 amide bonds. The highest BCUT2D eigenvalue weighted by atomic mass is 19.1. The molecule has 1 aliphatic heterocycles. The van der Waals surface area contributed by atoms with Crippen LogP contribution in [0.5, 0.6) is 5.75 Å². The van der Waals surface area contributed by atoms with Gasteiger partial charge in [-0.3, -0.25) is 13.9 Å². The van der Waals surface area contributed by atoms with Gasteiger partial charge in [-0.05, 0) is 59.7 Å². The van der Waals surface area contributed by atoms with E-state index in [0.29, 0.717) is 22.3 Å². The van der Waals surface area contributed by atoms with Crippen LogP contribution in [0.25, 0.3) is 27.8 Å². The Labute approximate surface area is 205 Å². The lowest BCUT2D eigenvalue weighted by atomic mass is 9.99. The van der Waals surface area contributed by atoms with E-state index in [9.17, 15) is 14.0 Å². The predicted molar refractivity (Wildman–Crippen MR) is 138 cm³/mol. The number of nitrogens with one attached hydrogen (secondary N) is 1. The number of aryl methyl sites for hydroxylation is 1. The second-order valence-corrected chi connectivity index (χ2v) is 8.87. The molecule has 0 bridgehead atoms. The molecule has 3 heterocycles. The Morgan fingerprint density at radius 2 is 1.58 bits per heavy atom. The van der Waals surface area contributed by atoms with Crippen LogP contribution in [0.1, 0.15) is 17.3 Å². The number of hydrogen-bond acceptors (Lipinski definition) is 4. The van der Waals surface area contributed by atoms with E-state index >= 15 is 0 Å². The molecule has 0 aliphatic carbocycles. The molecule has 180 valence electrons. The number of anilines is 1. The highest BCUT2D eigenvalue weighted by Gasteiger charge is 2.34. The van der Waals surface area contributed by atoms with Gasteiger partial charge < -0.3 is 14.6 Å². The van der Waals surface area contributed by atoms with Gasteiger partial charge in [-0.2, -0.15) is 0 Å². The third-order valence-electron chi connectivity index (χ3n) is 6.89. The standard InChI is InChI=1S/C28H23FN4O3/c1-31-25-22(27(34)32(2)28(31)35)24(17-10-14-19(36-3)15-11-17)33-21-7-5-4-6-20(21)30-23(26(25)33)16-8-12-18(29)13-9-16/h4-15,23,30H,1-3H3. The Hall–Kier alpha value is -4.59. The van der Waals surface area contributed by atoms with Crippen LogP contribution >= 0.6 is 0 Å². The Balaban J connectivity index is 1.83. The second-order valence-electron chi connectivity index (χ2n) is 8.87. The summed E-state index contributed by atoms with van der Waals surface area (Å²) in [4.78, 5) is 26.8. The van der Waals surface area contributed by atoms with E-state index in [4.69, 9.17) is 4.74 Å².